The fourth-order valence-corrected chi connectivity index (χ4v) is 4.66. The van der Waals surface area contributed by atoms with Gasteiger partial charge < -0.3 is 20.4 Å². The van der Waals surface area contributed by atoms with E-state index < -0.39 is 23.7 Å². The van der Waals surface area contributed by atoms with Gasteiger partial charge in [0.25, 0.3) is 0 Å². The van der Waals surface area contributed by atoms with Crippen molar-refractivity contribution >= 4 is 0 Å². The molecule has 0 bridgehead atoms. The second-order valence-electron chi connectivity index (χ2n) is 7.10. The van der Waals surface area contributed by atoms with E-state index in [2.05, 4.69) is 13.8 Å². The average Bonchev–Trinajstić information content (AvgIpc) is 2.32. The van der Waals surface area contributed by atoms with Crippen molar-refractivity contribution < 1.29 is 20.4 Å². The third kappa shape index (κ3) is 1.88. The van der Waals surface area contributed by atoms with Crippen LogP contribution in [0.4, 0.5) is 0 Å². The van der Waals surface area contributed by atoms with Gasteiger partial charge in [0.15, 0.2) is 0 Å². The molecule has 0 amide bonds. The topological polar surface area (TPSA) is 80.9 Å². The first-order chi connectivity index (χ1) is 8.73. The van der Waals surface area contributed by atoms with Crippen molar-refractivity contribution in [2.24, 2.45) is 16.7 Å². The number of fused-ring (bicyclic) bond motifs is 1. The van der Waals surface area contributed by atoms with Crippen molar-refractivity contribution in [3.05, 3.63) is 11.6 Å². The number of aliphatic hydroxyl groups is 4. The monoisotopic (exact) mass is 270 g/mol. The van der Waals surface area contributed by atoms with Crippen LogP contribution in [0.2, 0.25) is 0 Å². The van der Waals surface area contributed by atoms with Crippen LogP contribution in [0.15, 0.2) is 11.6 Å². The van der Waals surface area contributed by atoms with Crippen LogP contribution >= 0.6 is 0 Å². The molecule has 0 saturated heterocycles. The summed E-state index contributed by atoms with van der Waals surface area (Å²) < 4.78 is 0. The second-order valence-corrected chi connectivity index (χ2v) is 7.10. The first-order valence-corrected chi connectivity index (χ1v) is 7.06. The van der Waals surface area contributed by atoms with Crippen LogP contribution in [0.1, 0.15) is 40.0 Å². The summed E-state index contributed by atoms with van der Waals surface area (Å²) in [5.74, 6) is -0.124. The van der Waals surface area contributed by atoms with Crippen molar-refractivity contribution in [1.82, 2.24) is 0 Å². The van der Waals surface area contributed by atoms with Crippen LogP contribution in [0.5, 0.6) is 0 Å². The molecule has 4 nitrogen and oxygen atoms in total. The Bertz CT molecular complexity index is 390. The molecule has 0 aliphatic heterocycles. The summed E-state index contributed by atoms with van der Waals surface area (Å²) >= 11 is 0. The van der Waals surface area contributed by atoms with Gasteiger partial charge in [-0.1, -0.05) is 33.3 Å². The Labute approximate surface area is 114 Å². The standard InChI is InChI=1S/C15H26O4/c1-13(2)5-4-6-14(3)12(13)11(18)7-10(8-16)15(14,19)9-17/h7,11-12,16-19H,4-6,8-9H2,1-3H3/t11-,12-,14-,15+/m0/s1. The highest BCUT2D eigenvalue weighted by Crippen LogP contribution is 2.60. The van der Waals surface area contributed by atoms with Crippen molar-refractivity contribution in [2.45, 2.75) is 51.7 Å². The van der Waals surface area contributed by atoms with Crippen molar-refractivity contribution in [3.63, 3.8) is 0 Å². The largest absolute Gasteiger partial charge is 0.393 e. The van der Waals surface area contributed by atoms with Gasteiger partial charge in [0.05, 0.1) is 19.3 Å². The summed E-state index contributed by atoms with van der Waals surface area (Å²) in [5, 5.41) is 40.6. The average molecular weight is 270 g/mol. The predicted molar refractivity (Wildman–Crippen MR) is 72.4 cm³/mol. The molecule has 1 fully saturated rings. The Hall–Kier alpha value is -0.420. The van der Waals surface area contributed by atoms with E-state index in [9.17, 15) is 20.4 Å². The molecule has 0 aromatic rings. The summed E-state index contributed by atoms with van der Waals surface area (Å²) in [5.41, 5.74) is -1.81. The minimum absolute atomic E-state index is 0.104. The summed E-state index contributed by atoms with van der Waals surface area (Å²) in [7, 11) is 0. The zero-order valence-electron chi connectivity index (χ0n) is 12.1. The SMILES string of the molecule is CC1(C)CCC[C@@]2(C)[C@H]1[C@@H](O)C=C(CO)[C@]2(O)CO. The lowest BCUT2D eigenvalue weighted by molar-refractivity contribution is -0.188. The Kier molecular flexibility index (Phi) is 3.59. The molecule has 4 N–H and O–H groups in total. The van der Waals surface area contributed by atoms with Gasteiger partial charge in [-0.05, 0) is 23.8 Å². The van der Waals surface area contributed by atoms with E-state index in [1.807, 2.05) is 6.92 Å². The number of rotatable bonds is 2. The Morgan fingerprint density at radius 2 is 1.84 bits per heavy atom. The summed E-state index contributed by atoms with van der Waals surface area (Å²) in [6.45, 7) is 5.38. The van der Waals surface area contributed by atoms with Gasteiger partial charge >= 0.3 is 0 Å². The van der Waals surface area contributed by atoms with Crippen LogP contribution in [0, 0.1) is 16.7 Å². The summed E-state index contributed by atoms with van der Waals surface area (Å²) in [6, 6.07) is 0. The Balaban J connectivity index is 2.59. The smallest absolute Gasteiger partial charge is 0.117 e. The van der Waals surface area contributed by atoms with Crippen molar-refractivity contribution in [1.29, 1.82) is 0 Å². The molecule has 4 atom stereocenters. The lowest BCUT2D eigenvalue weighted by Gasteiger charge is -2.61. The molecule has 0 unspecified atom stereocenters. The molecular formula is C15H26O4. The normalized spacial score (nSPS) is 45.5. The number of hydrogen-bond acceptors (Lipinski definition) is 4. The van der Waals surface area contributed by atoms with Gasteiger partial charge in [-0.3, -0.25) is 0 Å². The van der Waals surface area contributed by atoms with Gasteiger partial charge in [-0.25, -0.2) is 0 Å². The predicted octanol–water partition coefficient (Wildman–Crippen LogP) is 0.836. The molecule has 0 heterocycles. The molecule has 0 radical (unpaired) electrons. The molecule has 2 aliphatic carbocycles. The van der Waals surface area contributed by atoms with Crippen LogP contribution in [0.3, 0.4) is 0 Å². The molecule has 19 heavy (non-hydrogen) atoms. The highest BCUT2D eigenvalue weighted by atomic mass is 16.3. The molecule has 110 valence electrons. The van der Waals surface area contributed by atoms with E-state index >= 15 is 0 Å². The molecule has 0 aromatic carbocycles. The lowest BCUT2D eigenvalue weighted by atomic mass is 9.46. The lowest BCUT2D eigenvalue weighted by Crippen LogP contribution is -2.64. The van der Waals surface area contributed by atoms with Crippen LogP contribution in [-0.4, -0.2) is 45.3 Å². The van der Waals surface area contributed by atoms with E-state index in [1.165, 1.54) is 6.08 Å². The molecule has 2 aliphatic rings. The van der Waals surface area contributed by atoms with Gasteiger partial charge in [0.1, 0.15) is 5.60 Å². The Morgan fingerprint density at radius 1 is 1.21 bits per heavy atom. The summed E-state index contributed by atoms with van der Waals surface area (Å²) in [4.78, 5) is 0. The number of hydrogen-bond donors (Lipinski definition) is 4. The quantitative estimate of drug-likeness (QED) is 0.560. The van der Waals surface area contributed by atoms with Crippen LogP contribution < -0.4 is 0 Å². The highest BCUT2D eigenvalue weighted by molar-refractivity contribution is 5.31. The summed E-state index contributed by atoms with van der Waals surface area (Å²) in [6.07, 6.45) is 3.54. The maximum Gasteiger partial charge on any atom is 0.117 e. The molecule has 4 heteroatoms. The minimum atomic E-state index is -1.44. The van der Waals surface area contributed by atoms with E-state index in [0.717, 1.165) is 19.3 Å². The van der Waals surface area contributed by atoms with E-state index in [0.29, 0.717) is 5.57 Å². The van der Waals surface area contributed by atoms with Gasteiger partial charge in [-0.15, -0.1) is 0 Å². The third-order valence-corrected chi connectivity index (χ3v) is 5.63. The number of aliphatic hydroxyl groups excluding tert-OH is 3. The minimum Gasteiger partial charge on any atom is -0.393 e. The van der Waals surface area contributed by atoms with E-state index in [4.69, 9.17) is 0 Å². The third-order valence-electron chi connectivity index (χ3n) is 5.63. The van der Waals surface area contributed by atoms with Crippen LogP contribution in [-0.2, 0) is 0 Å². The van der Waals surface area contributed by atoms with Crippen molar-refractivity contribution in [3.8, 4) is 0 Å². The Morgan fingerprint density at radius 3 is 2.37 bits per heavy atom. The molecular weight excluding hydrogens is 244 g/mol. The maximum absolute atomic E-state index is 11.0. The molecule has 0 spiro atoms. The molecule has 2 rings (SSSR count). The maximum atomic E-state index is 11.0. The van der Waals surface area contributed by atoms with Crippen molar-refractivity contribution in [2.75, 3.05) is 13.2 Å². The van der Waals surface area contributed by atoms with E-state index in [1.54, 1.807) is 0 Å². The zero-order valence-corrected chi connectivity index (χ0v) is 12.1. The van der Waals surface area contributed by atoms with E-state index in [-0.39, 0.29) is 17.9 Å². The fraction of sp³-hybridized carbons (Fsp3) is 0.867. The first-order valence-electron chi connectivity index (χ1n) is 7.06. The highest BCUT2D eigenvalue weighted by Gasteiger charge is 2.62. The second kappa shape index (κ2) is 4.55. The zero-order chi connectivity index (χ0) is 14.5. The van der Waals surface area contributed by atoms with Crippen LogP contribution in [0.25, 0.3) is 0 Å². The van der Waals surface area contributed by atoms with Gasteiger partial charge in [0.2, 0.25) is 0 Å². The van der Waals surface area contributed by atoms with Gasteiger partial charge in [0, 0.05) is 11.3 Å². The van der Waals surface area contributed by atoms with Gasteiger partial charge in [-0.2, -0.15) is 0 Å². The first kappa shape index (κ1) is 15.0. The fourth-order valence-electron chi connectivity index (χ4n) is 4.66. The molecule has 1 saturated carbocycles. The molecule has 0 aromatic heterocycles.